The van der Waals surface area contributed by atoms with Crippen molar-refractivity contribution in [1.29, 1.82) is 0 Å². The number of benzene rings is 1. The summed E-state index contributed by atoms with van der Waals surface area (Å²) in [6.07, 6.45) is 1.28. The summed E-state index contributed by atoms with van der Waals surface area (Å²) in [5.41, 5.74) is 0.911. The molecular weight excluding hydrogens is 204 g/mol. The Morgan fingerprint density at radius 2 is 2.00 bits per heavy atom. The third-order valence-corrected chi connectivity index (χ3v) is 2.12. The summed E-state index contributed by atoms with van der Waals surface area (Å²) < 4.78 is 10.6. The molecule has 0 aliphatic rings. The van der Waals surface area contributed by atoms with Crippen molar-refractivity contribution in [3.63, 3.8) is 0 Å². The predicted molar refractivity (Wildman–Crippen MR) is 62.3 cm³/mol. The first-order valence-electron chi connectivity index (χ1n) is 5.64. The first-order valence-corrected chi connectivity index (χ1v) is 5.64. The van der Waals surface area contributed by atoms with Gasteiger partial charge in [0.05, 0.1) is 6.61 Å². The molecule has 3 nitrogen and oxygen atoms in total. The molecule has 16 heavy (non-hydrogen) atoms. The molecule has 1 aromatic carbocycles. The minimum atomic E-state index is -0.159. The van der Waals surface area contributed by atoms with Gasteiger partial charge >= 0.3 is 5.97 Å². The van der Waals surface area contributed by atoms with Crippen LogP contribution in [0, 0.1) is 0 Å². The average molecular weight is 222 g/mol. The van der Waals surface area contributed by atoms with Gasteiger partial charge in [-0.3, -0.25) is 4.79 Å². The highest BCUT2D eigenvalue weighted by molar-refractivity contribution is 5.69. The number of ether oxygens (including phenoxy) is 2. The molecule has 0 radical (unpaired) electrons. The summed E-state index contributed by atoms with van der Waals surface area (Å²) in [6, 6.07) is 7.60. The molecule has 0 fully saturated rings. The van der Waals surface area contributed by atoms with Gasteiger partial charge in [0.25, 0.3) is 0 Å². The van der Waals surface area contributed by atoms with Crippen molar-refractivity contribution >= 4 is 5.97 Å². The molecule has 0 aliphatic carbocycles. The fourth-order valence-electron chi connectivity index (χ4n) is 1.35. The Morgan fingerprint density at radius 1 is 1.25 bits per heavy atom. The number of carbonyl (C=O) groups is 1. The summed E-state index contributed by atoms with van der Waals surface area (Å²) in [5, 5.41) is 0. The molecule has 1 rings (SSSR count). The molecule has 0 atom stereocenters. The maximum absolute atomic E-state index is 11.2. The van der Waals surface area contributed by atoms with Crippen LogP contribution in [-0.2, 0) is 16.1 Å². The number of carbonyl (C=O) groups excluding carboxylic acids is 1. The Labute approximate surface area is 96.4 Å². The van der Waals surface area contributed by atoms with E-state index in [1.165, 1.54) is 0 Å². The molecule has 88 valence electrons. The topological polar surface area (TPSA) is 35.5 Å². The van der Waals surface area contributed by atoms with Gasteiger partial charge in [0, 0.05) is 12.0 Å². The first kappa shape index (κ1) is 12.6. The normalized spacial score (nSPS) is 9.88. The van der Waals surface area contributed by atoms with E-state index in [0.29, 0.717) is 13.0 Å². The van der Waals surface area contributed by atoms with Crippen LogP contribution in [0.25, 0.3) is 0 Å². The predicted octanol–water partition coefficient (Wildman–Crippen LogP) is 2.93. The van der Waals surface area contributed by atoms with Gasteiger partial charge in [-0.05, 0) is 19.4 Å². The second kappa shape index (κ2) is 6.88. The van der Waals surface area contributed by atoms with Crippen LogP contribution >= 0.6 is 0 Å². The second-order valence-corrected chi connectivity index (χ2v) is 3.45. The number of hydrogen-bond acceptors (Lipinski definition) is 3. The van der Waals surface area contributed by atoms with E-state index in [1.807, 2.05) is 38.1 Å². The minimum absolute atomic E-state index is 0.159. The van der Waals surface area contributed by atoms with Crippen molar-refractivity contribution in [2.24, 2.45) is 0 Å². The second-order valence-electron chi connectivity index (χ2n) is 3.45. The van der Waals surface area contributed by atoms with E-state index in [0.717, 1.165) is 17.7 Å². The Morgan fingerprint density at radius 3 is 2.69 bits per heavy atom. The van der Waals surface area contributed by atoms with Crippen molar-refractivity contribution in [3.05, 3.63) is 29.8 Å². The van der Waals surface area contributed by atoms with Gasteiger partial charge in [-0.2, -0.15) is 0 Å². The van der Waals surface area contributed by atoms with E-state index in [1.54, 1.807) is 0 Å². The summed E-state index contributed by atoms with van der Waals surface area (Å²) in [7, 11) is 0. The summed E-state index contributed by atoms with van der Waals surface area (Å²) in [6.45, 7) is 4.78. The van der Waals surface area contributed by atoms with Crippen molar-refractivity contribution in [2.75, 3.05) is 6.61 Å². The van der Waals surface area contributed by atoms with Gasteiger partial charge < -0.3 is 9.47 Å². The molecule has 0 saturated carbocycles. The van der Waals surface area contributed by atoms with Gasteiger partial charge in [0.1, 0.15) is 12.4 Å². The largest absolute Gasteiger partial charge is 0.493 e. The van der Waals surface area contributed by atoms with Gasteiger partial charge in [-0.1, -0.05) is 25.1 Å². The van der Waals surface area contributed by atoms with Gasteiger partial charge in [0.2, 0.25) is 0 Å². The lowest BCUT2D eigenvalue weighted by Gasteiger charge is -2.10. The smallest absolute Gasteiger partial charge is 0.306 e. The highest BCUT2D eigenvalue weighted by Gasteiger charge is 2.05. The molecule has 0 unspecified atom stereocenters. The maximum Gasteiger partial charge on any atom is 0.306 e. The van der Waals surface area contributed by atoms with Crippen LogP contribution in [0.15, 0.2) is 24.3 Å². The lowest BCUT2D eigenvalue weighted by molar-refractivity contribution is -0.145. The van der Waals surface area contributed by atoms with Crippen molar-refractivity contribution in [1.82, 2.24) is 0 Å². The van der Waals surface area contributed by atoms with Crippen molar-refractivity contribution in [3.8, 4) is 5.75 Å². The molecule has 0 bridgehead atoms. The van der Waals surface area contributed by atoms with E-state index < -0.39 is 0 Å². The monoisotopic (exact) mass is 222 g/mol. The summed E-state index contributed by atoms with van der Waals surface area (Å²) in [5.74, 6) is 0.628. The fourth-order valence-corrected chi connectivity index (χ4v) is 1.35. The van der Waals surface area contributed by atoms with Crippen LogP contribution in [0.3, 0.4) is 0 Å². The number of rotatable bonds is 6. The molecular formula is C13H18O3. The molecule has 0 spiro atoms. The van der Waals surface area contributed by atoms with E-state index in [2.05, 4.69) is 0 Å². The molecule has 0 N–H and O–H groups in total. The van der Waals surface area contributed by atoms with Crippen LogP contribution < -0.4 is 4.74 Å². The standard InChI is InChI=1S/C13H18O3/c1-3-7-13(14)16-10-11-8-5-6-9-12(11)15-4-2/h5-6,8-9H,3-4,7,10H2,1-2H3. The number of esters is 1. The van der Waals surface area contributed by atoms with Gasteiger partial charge in [-0.15, -0.1) is 0 Å². The number of para-hydroxylation sites is 1. The van der Waals surface area contributed by atoms with Crippen LogP contribution in [0.5, 0.6) is 5.75 Å². The van der Waals surface area contributed by atoms with Gasteiger partial charge in [-0.25, -0.2) is 0 Å². The Kier molecular flexibility index (Phi) is 5.40. The highest BCUT2D eigenvalue weighted by atomic mass is 16.5. The maximum atomic E-state index is 11.2. The molecule has 0 heterocycles. The zero-order chi connectivity index (χ0) is 11.8. The van der Waals surface area contributed by atoms with Crippen molar-refractivity contribution in [2.45, 2.75) is 33.3 Å². The summed E-state index contributed by atoms with van der Waals surface area (Å²) >= 11 is 0. The number of hydrogen-bond donors (Lipinski definition) is 0. The van der Waals surface area contributed by atoms with E-state index in [4.69, 9.17) is 9.47 Å². The fraction of sp³-hybridized carbons (Fsp3) is 0.462. The third-order valence-electron chi connectivity index (χ3n) is 2.12. The molecule has 0 aromatic heterocycles. The minimum Gasteiger partial charge on any atom is -0.493 e. The van der Waals surface area contributed by atoms with E-state index >= 15 is 0 Å². The van der Waals surface area contributed by atoms with Crippen LogP contribution in [0.4, 0.5) is 0 Å². The molecule has 0 saturated heterocycles. The van der Waals surface area contributed by atoms with Crippen LogP contribution in [0.2, 0.25) is 0 Å². The Balaban J connectivity index is 2.55. The van der Waals surface area contributed by atoms with Gasteiger partial charge in [0.15, 0.2) is 0 Å². The van der Waals surface area contributed by atoms with Crippen molar-refractivity contribution < 1.29 is 14.3 Å². The lowest BCUT2D eigenvalue weighted by atomic mass is 10.2. The molecule has 0 aliphatic heterocycles. The third kappa shape index (κ3) is 3.93. The molecule has 3 heteroatoms. The lowest BCUT2D eigenvalue weighted by Crippen LogP contribution is -2.05. The highest BCUT2D eigenvalue weighted by Crippen LogP contribution is 2.18. The quantitative estimate of drug-likeness (QED) is 0.694. The summed E-state index contributed by atoms with van der Waals surface area (Å²) in [4.78, 5) is 11.2. The van der Waals surface area contributed by atoms with Crippen LogP contribution in [0.1, 0.15) is 32.3 Å². The molecule has 1 aromatic rings. The zero-order valence-corrected chi connectivity index (χ0v) is 9.86. The Hall–Kier alpha value is -1.51. The first-order chi connectivity index (χ1) is 7.77. The molecule has 0 amide bonds. The SMILES string of the molecule is CCCC(=O)OCc1ccccc1OCC. The van der Waals surface area contributed by atoms with Crippen LogP contribution in [-0.4, -0.2) is 12.6 Å². The Bertz CT molecular complexity index is 334. The van der Waals surface area contributed by atoms with E-state index in [-0.39, 0.29) is 12.6 Å². The zero-order valence-electron chi connectivity index (χ0n) is 9.86. The van der Waals surface area contributed by atoms with E-state index in [9.17, 15) is 4.79 Å². The average Bonchev–Trinajstić information content (AvgIpc) is 2.29.